The summed E-state index contributed by atoms with van der Waals surface area (Å²) in [5, 5.41) is 3.27. The van der Waals surface area contributed by atoms with Crippen molar-refractivity contribution in [2.24, 2.45) is 0 Å². The number of carbonyl (C=O) groups excluding carboxylic acids is 2. The van der Waals surface area contributed by atoms with Crippen LogP contribution in [0.25, 0.3) is 0 Å². The zero-order valence-corrected chi connectivity index (χ0v) is 17.1. The Bertz CT molecular complexity index is 784. The molecule has 1 aromatic heterocycles. The topological polar surface area (TPSA) is 80.8 Å². The van der Waals surface area contributed by atoms with Gasteiger partial charge in [0, 0.05) is 17.1 Å². The van der Waals surface area contributed by atoms with Gasteiger partial charge in [0.05, 0.1) is 14.2 Å². The minimum Gasteiger partial charge on any atom is -0.496 e. The number of hydrogen-bond donors (Lipinski definition) is 1. The Hall–Kier alpha value is -2.61. The molecule has 1 heterocycles. The molecule has 1 atom stereocenters. The monoisotopic (exact) mass is 391 g/mol. The van der Waals surface area contributed by atoms with Crippen molar-refractivity contribution >= 4 is 28.3 Å². The summed E-state index contributed by atoms with van der Waals surface area (Å²) in [6, 6.07) is 5.00. The van der Waals surface area contributed by atoms with Crippen LogP contribution in [0.5, 0.6) is 11.5 Å². The smallest absolute Gasteiger partial charge is 0.262 e. The van der Waals surface area contributed by atoms with Gasteiger partial charge < -0.3 is 19.7 Å². The number of rotatable bonds is 8. The first kappa shape index (κ1) is 20.7. The number of nitrogens with one attached hydrogen (secondary N) is 1. The lowest BCUT2D eigenvalue weighted by Gasteiger charge is -2.29. The third-order valence-electron chi connectivity index (χ3n) is 4.21. The summed E-state index contributed by atoms with van der Waals surface area (Å²) in [4.78, 5) is 32.4. The zero-order valence-electron chi connectivity index (χ0n) is 16.2. The van der Waals surface area contributed by atoms with Crippen LogP contribution in [0.2, 0.25) is 0 Å². The maximum absolute atomic E-state index is 13.3. The summed E-state index contributed by atoms with van der Waals surface area (Å²) in [5.74, 6) is 0.197. The first-order chi connectivity index (χ1) is 12.9. The summed E-state index contributed by atoms with van der Waals surface area (Å²) >= 11 is 1.39. The summed E-state index contributed by atoms with van der Waals surface area (Å²) < 4.78 is 10.7. The van der Waals surface area contributed by atoms with E-state index in [4.69, 9.17) is 9.47 Å². The number of carbonyl (C=O) groups is 2. The van der Waals surface area contributed by atoms with Crippen molar-refractivity contribution in [3.8, 4) is 11.5 Å². The van der Waals surface area contributed by atoms with Crippen LogP contribution in [-0.4, -0.2) is 48.5 Å². The molecule has 0 aliphatic rings. The molecule has 2 aromatic rings. The van der Waals surface area contributed by atoms with Gasteiger partial charge in [-0.05, 0) is 32.4 Å². The van der Waals surface area contributed by atoms with E-state index in [-0.39, 0.29) is 24.4 Å². The van der Waals surface area contributed by atoms with Crippen LogP contribution in [0.15, 0.2) is 24.4 Å². The van der Waals surface area contributed by atoms with Gasteiger partial charge in [0.25, 0.3) is 5.91 Å². The van der Waals surface area contributed by atoms with Crippen molar-refractivity contribution in [1.29, 1.82) is 0 Å². The first-order valence-corrected chi connectivity index (χ1v) is 9.47. The molecular formula is C19H25N3O4S. The Balaban J connectivity index is 2.28. The van der Waals surface area contributed by atoms with Crippen molar-refractivity contribution in [2.75, 3.05) is 26.1 Å². The number of anilines is 1. The highest BCUT2D eigenvalue weighted by molar-refractivity contribution is 7.15. The van der Waals surface area contributed by atoms with Gasteiger partial charge in [-0.2, -0.15) is 0 Å². The number of aryl methyl sites for hydroxylation is 1. The van der Waals surface area contributed by atoms with Crippen LogP contribution in [0.4, 0.5) is 5.13 Å². The molecule has 0 radical (unpaired) electrons. The van der Waals surface area contributed by atoms with Crippen LogP contribution < -0.4 is 14.8 Å². The van der Waals surface area contributed by atoms with Crippen molar-refractivity contribution in [2.45, 2.75) is 33.2 Å². The average molecular weight is 391 g/mol. The SMILES string of the molecule is CCC(C)N(CC(=O)Nc1ncc(C)s1)C(=O)c1c(OC)cccc1OC. The zero-order chi connectivity index (χ0) is 20.0. The number of ether oxygens (including phenoxy) is 2. The maximum Gasteiger partial charge on any atom is 0.262 e. The lowest BCUT2D eigenvalue weighted by Crippen LogP contribution is -2.43. The molecule has 0 spiro atoms. The van der Waals surface area contributed by atoms with E-state index in [1.54, 1.807) is 24.4 Å². The molecule has 8 heteroatoms. The fourth-order valence-electron chi connectivity index (χ4n) is 2.58. The predicted octanol–water partition coefficient (Wildman–Crippen LogP) is 3.35. The van der Waals surface area contributed by atoms with Gasteiger partial charge in [0.2, 0.25) is 5.91 Å². The fourth-order valence-corrected chi connectivity index (χ4v) is 3.26. The minimum atomic E-state index is -0.316. The molecule has 1 aromatic carbocycles. The van der Waals surface area contributed by atoms with Crippen molar-refractivity contribution < 1.29 is 19.1 Å². The molecule has 27 heavy (non-hydrogen) atoms. The number of nitrogens with zero attached hydrogens (tertiary/aromatic N) is 2. The van der Waals surface area contributed by atoms with Gasteiger partial charge in [-0.25, -0.2) is 4.98 Å². The van der Waals surface area contributed by atoms with Crippen LogP contribution in [0.1, 0.15) is 35.5 Å². The lowest BCUT2D eigenvalue weighted by atomic mass is 10.1. The number of hydrogen-bond acceptors (Lipinski definition) is 6. The predicted molar refractivity (Wildman–Crippen MR) is 106 cm³/mol. The molecule has 7 nitrogen and oxygen atoms in total. The third kappa shape index (κ3) is 4.97. The number of amides is 2. The average Bonchev–Trinajstić information content (AvgIpc) is 3.08. The Morgan fingerprint density at radius 1 is 1.26 bits per heavy atom. The second-order valence-electron chi connectivity index (χ2n) is 6.05. The Morgan fingerprint density at radius 3 is 2.37 bits per heavy atom. The van der Waals surface area contributed by atoms with E-state index in [1.165, 1.54) is 30.5 Å². The standard InChI is InChI=1S/C19H25N3O4S/c1-6-12(2)22(11-16(23)21-19-20-10-13(3)27-19)18(24)17-14(25-4)8-7-9-15(17)26-5/h7-10,12H,6,11H2,1-5H3,(H,20,21,23). The van der Waals surface area contributed by atoms with Gasteiger partial charge in [0.1, 0.15) is 23.6 Å². The summed E-state index contributed by atoms with van der Waals surface area (Å²) in [6.45, 7) is 5.69. The molecule has 0 bridgehead atoms. The molecule has 2 amide bonds. The Labute approximate surface area is 163 Å². The van der Waals surface area contributed by atoms with Crippen LogP contribution in [-0.2, 0) is 4.79 Å². The minimum absolute atomic E-state index is 0.0896. The molecule has 0 aliphatic heterocycles. The van der Waals surface area contributed by atoms with Crippen molar-refractivity contribution in [3.63, 3.8) is 0 Å². The number of aromatic nitrogens is 1. The van der Waals surface area contributed by atoms with E-state index in [0.717, 1.165) is 4.88 Å². The molecule has 0 aliphatic carbocycles. The molecule has 0 fully saturated rings. The van der Waals surface area contributed by atoms with E-state index in [9.17, 15) is 9.59 Å². The quantitative estimate of drug-likeness (QED) is 0.746. The summed E-state index contributed by atoms with van der Waals surface area (Å²) in [7, 11) is 2.99. The van der Waals surface area contributed by atoms with Crippen LogP contribution in [0, 0.1) is 6.92 Å². The highest BCUT2D eigenvalue weighted by atomic mass is 32.1. The van der Waals surface area contributed by atoms with Crippen LogP contribution >= 0.6 is 11.3 Å². The Morgan fingerprint density at radius 2 is 1.89 bits per heavy atom. The molecular weight excluding hydrogens is 366 g/mol. The molecule has 0 saturated carbocycles. The maximum atomic E-state index is 13.3. The highest BCUT2D eigenvalue weighted by Crippen LogP contribution is 2.30. The van der Waals surface area contributed by atoms with E-state index in [1.807, 2.05) is 20.8 Å². The van der Waals surface area contributed by atoms with Crippen molar-refractivity contribution in [3.05, 3.63) is 34.8 Å². The molecule has 0 saturated heterocycles. The summed E-state index contributed by atoms with van der Waals surface area (Å²) in [6.07, 6.45) is 2.39. The molecule has 1 unspecified atom stereocenters. The normalized spacial score (nSPS) is 11.6. The van der Waals surface area contributed by atoms with Gasteiger partial charge in [0.15, 0.2) is 5.13 Å². The van der Waals surface area contributed by atoms with Gasteiger partial charge >= 0.3 is 0 Å². The lowest BCUT2D eigenvalue weighted by molar-refractivity contribution is -0.117. The highest BCUT2D eigenvalue weighted by Gasteiger charge is 2.28. The molecule has 146 valence electrons. The van der Waals surface area contributed by atoms with Gasteiger partial charge in [-0.15, -0.1) is 11.3 Å². The fraction of sp³-hybridized carbons (Fsp3) is 0.421. The second-order valence-corrected chi connectivity index (χ2v) is 7.29. The van der Waals surface area contributed by atoms with Gasteiger partial charge in [-0.1, -0.05) is 13.0 Å². The number of thiazole rings is 1. The van der Waals surface area contributed by atoms with E-state index < -0.39 is 0 Å². The number of benzene rings is 1. The van der Waals surface area contributed by atoms with E-state index >= 15 is 0 Å². The number of methoxy groups -OCH3 is 2. The Kier molecular flexibility index (Phi) is 7.18. The second kappa shape index (κ2) is 9.36. The van der Waals surface area contributed by atoms with E-state index in [2.05, 4.69) is 10.3 Å². The largest absolute Gasteiger partial charge is 0.496 e. The first-order valence-electron chi connectivity index (χ1n) is 8.65. The summed E-state index contributed by atoms with van der Waals surface area (Å²) in [5.41, 5.74) is 0.306. The van der Waals surface area contributed by atoms with Crippen LogP contribution in [0.3, 0.4) is 0 Å². The molecule has 2 rings (SSSR count). The van der Waals surface area contributed by atoms with Crippen molar-refractivity contribution in [1.82, 2.24) is 9.88 Å². The molecule has 1 N–H and O–H groups in total. The van der Waals surface area contributed by atoms with E-state index in [0.29, 0.717) is 28.6 Å². The van der Waals surface area contributed by atoms with Gasteiger partial charge in [-0.3, -0.25) is 9.59 Å². The third-order valence-corrected chi connectivity index (χ3v) is 5.04.